The predicted molar refractivity (Wildman–Crippen MR) is 57.8 cm³/mol. The summed E-state index contributed by atoms with van der Waals surface area (Å²) >= 11 is 0. The van der Waals surface area contributed by atoms with E-state index in [-0.39, 0.29) is 6.04 Å². The van der Waals surface area contributed by atoms with E-state index >= 15 is 0 Å². The first-order chi connectivity index (χ1) is 6.72. The fraction of sp³-hybridized carbons (Fsp3) is 0.455. The lowest BCUT2D eigenvalue weighted by molar-refractivity contribution is 0.414. The Hall–Kier alpha value is -1.22. The second kappa shape index (κ2) is 3.50. The molecule has 0 amide bonds. The minimum absolute atomic E-state index is 0.173. The highest BCUT2D eigenvalue weighted by molar-refractivity contribution is 5.59. The number of rotatable bonds is 1. The van der Waals surface area contributed by atoms with Crippen molar-refractivity contribution in [2.24, 2.45) is 5.73 Å². The molecule has 3 heteroatoms. The molecule has 14 heavy (non-hydrogen) atoms. The van der Waals surface area contributed by atoms with Crippen LogP contribution in [-0.4, -0.2) is 20.7 Å². The highest BCUT2D eigenvalue weighted by Crippen LogP contribution is 2.34. The van der Waals surface area contributed by atoms with Gasteiger partial charge in [-0.3, -0.25) is 0 Å². The van der Waals surface area contributed by atoms with Crippen LogP contribution < -0.4 is 15.4 Å². The number of hydrogen-bond donors (Lipinski definition) is 1. The summed E-state index contributed by atoms with van der Waals surface area (Å²) in [4.78, 5) is 2.22. The van der Waals surface area contributed by atoms with Crippen LogP contribution in [0, 0.1) is 0 Å². The lowest BCUT2D eigenvalue weighted by atomic mass is 9.97. The molecule has 1 aromatic carbocycles. The largest absolute Gasteiger partial charge is 0.497 e. The minimum atomic E-state index is 0.173. The quantitative estimate of drug-likeness (QED) is 0.733. The first kappa shape index (κ1) is 9.34. The predicted octanol–water partition coefficient (Wildman–Crippen LogP) is 1.53. The first-order valence-electron chi connectivity index (χ1n) is 4.87. The standard InChI is InChI=1S/C11H16N2O/c1-13-6-5-10(12)9-4-3-8(14-2)7-11(9)13/h3-4,7,10H,5-6,12H2,1-2H3. The second-order valence-corrected chi connectivity index (χ2v) is 3.74. The molecule has 1 atom stereocenters. The Kier molecular flexibility index (Phi) is 2.33. The molecule has 3 nitrogen and oxygen atoms in total. The normalized spacial score (nSPS) is 20.5. The fourth-order valence-electron chi connectivity index (χ4n) is 1.90. The van der Waals surface area contributed by atoms with Crippen molar-refractivity contribution in [3.05, 3.63) is 23.8 Å². The van der Waals surface area contributed by atoms with Gasteiger partial charge in [0.15, 0.2) is 0 Å². The maximum Gasteiger partial charge on any atom is 0.120 e. The van der Waals surface area contributed by atoms with Gasteiger partial charge in [-0.05, 0) is 18.1 Å². The molecule has 2 rings (SSSR count). The highest BCUT2D eigenvalue weighted by Gasteiger charge is 2.20. The summed E-state index contributed by atoms with van der Waals surface area (Å²) in [6.45, 7) is 1.02. The molecule has 1 aliphatic rings. The van der Waals surface area contributed by atoms with Gasteiger partial charge < -0.3 is 15.4 Å². The van der Waals surface area contributed by atoms with Crippen LogP contribution in [0.4, 0.5) is 5.69 Å². The number of methoxy groups -OCH3 is 1. The van der Waals surface area contributed by atoms with E-state index in [0.717, 1.165) is 18.7 Å². The summed E-state index contributed by atoms with van der Waals surface area (Å²) in [7, 11) is 3.77. The Morgan fingerprint density at radius 2 is 2.29 bits per heavy atom. The Balaban J connectivity index is 2.45. The Bertz CT molecular complexity index is 338. The molecule has 0 aromatic heterocycles. The summed E-state index contributed by atoms with van der Waals surface area (Å²) in [5.41, 5.74) is 8.45. The van der Waals surface area contributed by atoms with Gasteiger partial charge in [0.05, 0.1) is 7.11 Å². The lowest BCUT2D eigenvalue weighted by Crippen LogP contribution is -2.30. The van der Waals surface area contributed by atoms with Gasteiger partial charge in [0.2, 0.25) is 0 Å². The molecule has 0 radical (unpaired) electrons. The molecular formula is C11H16N2O. The zero-order valence-corrected chi connectivity index (χ0v) is 8.66. The third kappa shape index (κ3) is 1.44. The van der Waals surface area contributed by atoms with Gasteiger partial charge in [0.25, 0.3) is 0 Å². The van der Waals surface area contributed by atoms with E-state index in [9.17, 15) is 0 Å². The number of hydrogen-bond acceptors (Lipinski definition) is 3. The SMILES string of the molecule is COc1ccc2c(c1)N(C)CCC2N. The van der Waals surface area contributed by atoms with Crippen molar-refractivity contribution in [2.75, 3.05) is 25.6 Å². The van der Waals surface area contributed by atoms with Crippen LogP contribution >= 0.6 is 0 Å². The van der Waals surface area contributed by atoms with E-state index in [0.29, 0.717) is 0 Å². The molecule has 1 aromatic rings. The van der Waals surface area contributed by atoms with Gasteiger partial charge in [-0.2, -0.15) is 0 Å². The van der Waals surface area contributed by atoms with Crippen LogP contribution in [-0.2, 0) is 0 Å². The van der Waals surface area contributed by atoms with Gasteiger partial charge in [0, 0.05) is 31.4 Å². The number of nitrogens with zero attached hydrogens (tertiary/aromatic N) is 1. The van der Waals surface area contributed by atoms with Crippen LogP contribution in [0.5, 0.6) is 5.75 Å². The zero-order chi connectivity index (χ0) is 10.1. The summed E-state index contributed by atoms with van der Waals surface area (Å²) in [5, 5.41) is 0. The second-order valence-electron chi connectivity index (χ2n) is 3.74. The average Bonchev–Trinajstić information content (AvgIpc) is 2.23. The maximum absolute atomic E-state index is 6.03. The molecule has 0 fully saturated rings. The molecule has 1 heterocycles. The number of fused-ring (bicyclic) bond motifs is 1. The van der Waals surface area contributed by atoms with Gasteiger partial charge >= 0.3 is 0 Å². The molecule has 0 aliphatic carbocycles. The zero-order valence-electron chi connectivity index (χ0n) is 8.66. The van der Waals surface area contributed by atoms with Crippen LogP contribution in [0.15, 0.2) is 18.2 Å². The van der Waals surface area contributed by atoms with E-state index in [4.69, 9.17) is 10.5 Å². The number of ether oxygens (including phenoxy) is 1. The monoisotopic (exact) mass is 192 g/mol. The Labute approximate surface area is 84.5 Å². The molecule has 0 saturated carbocycles. The van der Waals surface area contributed by atoms with Gasteiger partial charge in [0.1, 0.15) is 5.75 Å². The van der Waals surface area contributed by atoms with Gasteiger partial charge in [-0.15, -0.1) is 0 Å². The minimum Gasteiger partial charge on any atom is -0.497 e. The Morgan fingerprint density at radius 3 is 3.00 bits per heavy atom. The molecule has 76 valence electrons. The van der Waals surface area contributed by atoms with E-state index in [2.05, 4.69) is 18.0 Å². The van der Waals surface area contributed by atoms with E-state index in [1.807, 2.05) is 12.1 Å². The van der Waals surface area contributed by atoms with Crippen LogP contribution in [0.25, 0.3) is 0 Å². The molecule has 1 aliphatic heterocycles. The van der Waals surface area contributed by atoms with E-state index < -0.39 is 0 Å². The number of anilines is 1. The third-order valence-corrected chi connectivity index (χ3v) is 2.82. The topological polar surface area (TPSA) is 38.5 Å². The number of nitrogens with two attached hydrogens (primary N) is 1. The molecular weight excluding hydrogens is 176 g/mol. The molecule has 0 spiro atoms. The van der Waals surface area contributed by atoms with Crippen molar-refractivity contribution >= 4 is 5.69 Å². The van der Waals surface area contributed by atoms with Crippen LogP contribution in [0.3, 0.4) is 0 Å². The molecule has 0 bridgehead atoms. The van der Waals surface area contributed by atoms with Crippen molar-refractivity contribution in [3.8, 4) is 5.75 Å². The van der Waals surface area contributed by atoms with Crippen molar-refractivity contribution < 1.29 is 4.74 Å². The van der Waals surface area contributed by atoms with Gasteiger partial charge in [-0.1, -0.05) is 6.07 Å². The van der Waals surface area contributed by atoms with E-state index in [1.165, 1.54) is 11.3 Å². The molecule has 0 saturated heterocycles. The fourth-order valence-corrected chi connectivity index (χ4v) is 1.90. The molecule has 2 N–H and O–H groups in total. The van der Waals surface area contributed by atoms with Crippen molar-refractivity contribution in [2.45, 2.75) is 12.5 Å². The van der Waals surface area contributed by atoms with Crippen LogP contribution in [0.1, 0.15) is 18.0 Å². The van der Waals surface area contributed by atoms with Crippen molar-refractivity contribution in [1.29, 1.82) is 0 Å². The Morgan fingerprint density at radius 1 is 1.50 bits per heavy atom. The number of benzene rings is 1. The van der Waals surface area contributed by atoms with E-state index in [1.54, 1.807) is 7.11 Å². The lowest BCUT2D eigenvalue weighted by Gasteiger charge is -2.31. The average molecular weight is 192 g/mol. The third-order valence-electron chi connectivity index (χ3n) is 2.82. The highest BCUT2D eigenvalue weighted by atomic mass is 16.5. The summed E-state index contributed by atoms with van der Waals surface area (Å²) in [6.07, 6.45) is 1.02. The maximum atomic E-state index is 6.03. The summed E-state index contributed by atoms with van der Waals surface area (Å²) < 4.78 is 5.20. The van der Waals surface area contributed by atoms with Crippen molar-refractivity contribution in [3.63, 3.8) is 0 Å². The first-order valence-corrected chi connectivity index (χ1v) is 4.87. The molecule has 1 unspecified atom stereocenters. The summed E-state index contributed by atoms with van der Waals surface area (Å²) in [6, 6.07) is 6.26. The smallest absolute Gasteiger partial charge is 0.120 e. The van der Waals surface area contributed by atoms with Crippen molar-refractivity contribution in [1.82, 2.24) is 0 Å². The van der Waals surface area contributed by atoms with Crippen LogP contribution in [0.2, 0.25) is 0 Å². The van der Waals surface area contributed by atoms with Gasteiger partial charge in [-0.25, -0.2) is 0 Å². The summed E-state index contributed by atoms with van der Waals surface area (Å²) in [5.74, 6) is 0.893.